The van der Waals surface area contributed by atoms with Gasteiger partial charge in [-0.1, -0.05) is 15.9 Å². The summed E-state index contributed by atoms with van der Waals surface area (Å²) in [7, 11) is 0. The molecule has 1 N–H and O–H groups in total. The van der Waals surface area contributed by atoms with E-state index in [0.717, 1.165) is 12.1 Å². The van der Waals surface area contributed by atoms with E-state index in [1.54, 1.807) is 0 Å². The van der Waals surface area contributed by atoms with Gasteiger partial charge in [0, 0.05) is 4.47 Å². The van der Waals surface area contributed by atoms with Crippen LogP contribution in [-0.2, 0) is 4.79 Å². The summed E-state index contributed by atoms with van der Waals surface area (Å²) in [5.41, 5.74) is 0.529. The van der Waals surface area contributed by atoms with Crippen molar-refractivity contribution in [3.63, 3.8) is 0 Å². The highest BCUT2D eigenvalue weighted by atomic mass is 79.9. The maximum Gasteiger partial charge on any atom is 0.307 e. The molecule has 2 nitrogen and oxygen atoms in total. The molecule has 1 saturated carbocycles. The highest BCUT2D eigenvalue weighted by Gasteiger charge is 2.45. The molecular formula is C10H7BrF2O2. The molecule has 1 aromatic carbocycles. The SMILES string of the molecule is O=C(O)[C@@H]1C[C@H]1c1cc(F)c(F)cc1Br. The molecule has 80 valence electrons. The monoisotopic (exact) mass is 276 g/mol. The van der Waals surface area contributed by atoms with Crippen molar-refractivity contribution in [3.05, 3.63) is 33.8 Å². The van der Waals surface area contributed by atoms with Crippen LogP contribution in [0.5, 0.6) is 0 Å². The summed E-state index contributed by atoms with van der Waals surface area (Å²) < 4.78 is 26.1. The zero-order chi connectivity index (χ0) is 11.2. The van der Waals surface area contributed by atoms with E-state index in [1.165, 1.54) is 0 Å². The number of aliphatic carboxylic acids is 1. The number of benzene rings is 1. The number of hydrogen-bond acceptors (Lipinski definition) is 1. The average molecular weight is 277 g/mol. The third-order valence-corrected chi connectivity index (χ3v) is 3.23. The third kappa shape index (κ3) is 1.88. The van der Waals surface area contributed by atoms with E-state index in [4.69, 9.17) is 5.11 Å². The zero-order valence-corrected chi connectivity index (χ0v) is 9.09. The predicted octanol–water partition coefficient (Wildman–Crippen LogP) is 2.92. The average Bonchev–Trinajstić information content (AvgIpc) is 2.90. The van der Waals surface area contributed by atoms with Crippen LogP contribution in [0.15, 0.2) is 16.6 Å². The number of carboxylic acids is 1. The first-order valence-electron chi connectivity index (χ1n) is 4.38. The van der Waals surface area contributed by atoms with Crippen LogP contribution in [0.4, 0.5) is 8.78 Å². The van der Waals surface area contributed by atoms with Crippen molar-refractivity contribution in [2.45, 2.75) is 12.3 Å². The minimum Gasteiger partial charge on any atom is -0.481 e. The summed E-state index contributed by atoms with van der Waals surface area (Å²) >= 11 is 3.10. The Morgan fingerprint density at radius 3 is 2.53 bits per heavy atom. The fourth-order valence-electron chi connectivity index (χ4n) is 1.63. The lowest BCUT2D eigenvalue weighted by Crippen LogP contribution is -2.00. The van der Waals surface area contributed by atoms with Crippen molar-refractivity contribution in [2.24, 2.45) is 5.92 Å². The summed E-state index contributed by atoms with van der Waals surface area (Å²) in [5, 5.41) is 8.72. The molecule has 1 aliphatic rings. The van der Waals surface area contributed by atoms with E-state index in [-0.39, 0.29) is 5.92 Å². The quantitative estimate of drug-likeness (QED) is 0.844. The summed E-state index contributed by atoms with van der Waals surface area (Å²) in [6.07, 6.45) is 0.485. The van der Waals surface area contributed by atoms with E-state index in [1.807, 2.05) is 0 Å². The molecule has 0 aliphatic heterocycles. The first-order valence-corrected chi connectivity index (χ1v) is 5.17. The highest BCUT2D eigenvalue weighted by molar-refractivity contribution is 9.10. The molecule has 1 aliphatic carbocycles. The van der Waals surface area contributed by atoms with Crippen molar-refractivity contribution in [1.82, 2.24) is 0 Å². The van der Waals surface area contributed by atoms with Gasteiger partial charge in [-0.25, -0.2) is 8.78 Å². The molecule has 0 spiro atoms. The van der Waals surface area contributed by atoms with Gasteiger partial charge in [-0.2, -0.15) is 0 Å². The number of carboxylic acid groups (broad SMARTS) is 1. The standard InChI is InChI=1S/C10H7BrF2O2/c11-7-3-9(13)8(12)2-5(7)4-1-6(4)10(14)15/h2-4,6H,1H2,(H,14,15)/t4-,6+/m0/s1. The largest absolute Gasteiger partial charge is 0.481 e. The van der Waals surface area contributed by atoms with E-state index in [2.05, 4.69) is 15.9 Å². The van der Waals surface area contributed by atoms with Crippen molar-refractivity contribution in [1.29, 1.82) is 0 Å². The van der Waals surface area contributed by atoms with Gasteiger partial charge in [-0.05, 0) is 30.0 Å². The Bertz CT molecular complexity index is 434. The van der Waals surface area contributed by atoms with Crippen LogP contribution in [0.1, 0.15) is 17.9 Å². The molecule has 0 amide bonds. The minimum atomic E-state index is -0.941. The van der Waals surface area contributed by atoms with Gasteiger partial charge >= 0.3 is 5.97 Å². The summed E-state index contributed by atoms with van der Waals surface area (Å²) in [6.45, 7) is 0. The number of hydrogen-bond donors (Lipinski definition) is 1. The summed E-state index contributed by atoms with van der Waals surface area (Å²) in [5.74, 6) is -3.43. The molecule has 2 atom stereocenters. The lowest BCUT2D eigenvalue weighted by molar-refractivity contribution is -0.138. The Morgan fingerprint density at radius 2 is 2.00 bits per heavy atom. The molecule has 0 aromatic heterocycles. The highest BCUT2D eigenvalue weighted by Crippen LogP contribution is 2.49. The van der Waals surface area contributed by atoms with Gasteiger partial charge in [0.15, 0.2) is 11.6 Å². The molecule has 0 bridgehead atoms. The smallest absolute Gasteiger partial charge is 0.307 e. The summed E-state index contributed by atoms with van der Waals surface area (Å²) in [6, 6.07) is 2.09. The van der Waals surface area contributed by atoms with Crippen LogP contribution in [0.25, 0.3) is 0 Å². The molecule has 1 fully saturated rings. The van der Waals surface area contributed by atoms with Gasteiger partial charge in [0.2, 0.25) is 0 Å². The molecular weight excluding hydrogens is 270 g/mol. The van der Waals surface area contributed by atoms with Crippen molar-refractivity contribution in [2.75, 3.05) is 0 Å². The molecule has 1 aromatic rings. The molecule has 5 heteroatoms. The predicted molar refractivity (Wildman–Crippen MR) is 52.5 cm³/mol. The molecule has 0 unspecified atom stereocenters. The van der Waals surface area contributed by atoms with Crippen LogP contribution in [-0.4, -0.2) is 11.1 Å². The van der Waals surface area contributed by atoms with E-state index < -0.39 is 23.5 Å². The molecule has 15 heavy (non-hydrogen) atoms. The van der Waals surface area contributed by atoms with Gasteiger partial charge in [0.05, 0.1) is 5.92 Å². The molecule has 0 heterocycles. The Balaban J connectivity index is 2.31. The van der Waals surface area contributed by atoms with E-state index >= 15 is 0 Å². The minimum absolute atomic E-state index is 0.202. The van der Waals surface area contributed by atoms with Crippen LogP contribution in [0.3, 0.4) is 0 Å². The van der Waals surface area contributed by atoms with Crippen LogP contribution < -0.4 is 0 Å². The van der Waals surface area contributed by atoms with Crippen LogP contribution in [0, 0.1) is 17.6 Å². The van der Waals surface area contributed by atoms with Gasteiger partial charge in [-0.15, -0.1) is 0 Å². The Hall–Kier alpha value is -0.970. The van der Waals surface area contributed by atoms with Crippen molar-refractivity contribution >= 4 is 21.9 Å². The fraction of sp³-hybridized carbons (Fsp3) is 0.300. The second-order valence-electron chi connectivity index (χ2n) is 3.57. The lowest BCUT2D eigenvalue weighted by Gasteiger charge is -2.03. The van der Waals surface area contributed by atoms with E-state index in [0.29, 0.717) is 16.5 Å². The number of halogens is 3. The lowest BCUT2D eigenvalue weighted by atomic mass is 10.1. The molecule has 0 saturated heterocycles. The van der Waals surface area contributed by atoms with Gasteiger partial charge in [0.25, 0.3) is 0 Å². The topological polar surface area (TPSA) is 37.3 Å². The number of rotatable bonds is 2. The van der Waals surface area contributed by atoms with Gasteiger partial charge in [-0.3, -0.25) is 4.79 Å². The normalized spacial score (nSPS) is 23.9. The maximum absolute atomic E-state index is 12.9. The number of carbonyl (C=O) groups is 1. The Kier molecular flexibility index (Phi) is 2.50. The van der Waals surface area contributed by atoms with Gasteiger partial charge in [0.1, 0.15) is 0 Å². The second-order valence-corrected chi connectivity index (χ2v) is 4.43. The third-order valence-electron chi connectivity index (χ3n) is 2.55. The van der Waals surface area contributed by atoms with Crippen LogP contribution in [0.2, 0.25) is 0 Å². The summed E-state index contributed by atoms with van der Waals surface area (Å²) in [4.78, 5) is 10.6. The first kappa shape index (κ1) is 10.5. The molecule has 0 radical (unpaired) electrons. The Morgan fingerprint density at radius 1 is 1.40 bits per heavy atom. The first-order chi connectivity index (χ1) is 7.00. The fourth-order valence-corrected chi connectivity index (χ4v) is 2.24. The Labute approximate surface area is 93.0 Å². The van der Waals surface area contributed by atoms with Gasteiger partial charge < -0.3 is 5.11 Å². The maximum atomic E-state index is 12.9. The van der Waals surface area contributed by atoms with Crippen molar-refractivity contribution in [3.8, 4) is 0 Å². The van der Waals surface area contributed by atoms with E-state index in [9.17, 15) is 13.6 Å². The van der Waals surface area contributed by atoms with Crippen molar-refractivity contribution < 1.29 is 18.7 Å². The second kappa shape index (κ2) is 3.56. The van der Waals surface area contributed by atoms with Crippen LogP contribution >= 0.6 is 15.9 Å². The molecule has 2 rings (SSSR count). The zero-order valence-electron chi connectivity index (χ0n) is 7.51.